The van der Waals surface area contributed by atoms with Crippen molar-refractivity contribution < 1.29 is 14.6 Å². The van der Waals surface area contributed by atoms with Crippen molar-refractivity contribution in [3.63, 3.8) is 0 Å². The van der Waals surface area contributed by atoms with Crippen LogP contribution in [0.15, 0.2) is 35.9 Å². The minimum absolute atomic E-state index is 0.0341. The molecule has 0 amide bonds. The van der Waals surface area contributed by atoms with Crippen molar-refractivity contribution in [1.29, 1.82) is 0 Å². The van der Waals surface area contributed by atoms with Crippen LogP contribution < -0.4 is 4.74 Å². The standard InChI is InChI=1S/C18H27O3.3C4H9.Sn/c1-15(11-12-19)5-4-6-16(2)13-21-14-17-7-9-18(20-3)10-8-17;3*1-3-4-2;/h6-10,12,15,19H,4-5,11,13-14H2,1-3H3;3*1,3-4H2,2H3;/b16-6+;;;;/t15-;;;;/m0..../s1. The SMILES string of the molecule is CCC[CH2][Sn]([CH2]CCC)([CH2]CCC)[CH](O)C[C@@H](C)CC/C=C(\C)COCc1ccc(OC)cc1. The molecule has 0 saturated carbocycles. The van der Waals surface area contributed by atoms with Crippen molar-refractivity contribution in [1.82, 2.24) is 0 Å². The molecule has 0 saturated heterocycles. The van der Waals surface area contributed by atoms with Gasteiger partial charge in [-0.25, -0.2) is 0 Å². The normalized spacial score (nSPS) is 14.3. The topological polar surface area (TPSA) is 38.7 Å². The van der Waals surface area contributed by atoms with Crippen LogP contribution in [0.25, 0.3) is 0 Å². The molecule has 1 aromatic carbocycles. The second-order valence-corrected chi connectivity index (χ2v) is 24.5. The second-order valence-electron chi connectivity index (χ2n) is 10.5. The van der Waals surface area contributed by atoms with E-state index in [0.29, 0.717) is 19.1 Å². The monoisotopic (exact) mass is 582 g/mol. The number of hydrogen-bond donors (Lipinski definition) is 1. The molecular weight excluding hydrogens is 527 g/mol. The summed E-state index contributed by atoms with van der Waals surface area (Å²) < 4.78 is 15.3. The van der Waals surface area contributed by atoms with Gasteiger partial charge in [0.05, 0.1) is 7.11 Å². The summed E-state index contributed by atoms with van der Waals surface area (Å²) in [5.41, 5.74) is 2.46. The first-order chi connectivity index (χ1) is 16.4. The Bertz CT molecular complexity index is 634. The van der Waals surface area contributed by atoms with Crippen LogP contribution in [0.4, 0.5) is 0 Å². The number of ether oxygens (including phenoxy) is 2. The molecule has 1 rings (SSSR count). The maximum atomic E-state index is 11.5. The second kappa shape index (κ2) is 18.7. The molecule has 0 heterocycles. The van der Waals surface area contributed by atoms with Crippen molar-refractivity contribution in [3.05, 3.63) is 41.5 Å². The first-order valence-corrected chi connectivity index (χ1v) is 21.6. The number of aliphatic hydroxyl groups is 1. The molecular formula is C30H54O3Sn. The fraction of sp³-hybridized carbons (Fsp3) is 0.733. The van der Waals surface area contributed by atoms with E-state index in [1.165, 1.54) is 63.0 Å². The summed E-state index contributed by atoms with van der Waals surface area (Å²) in [4.78, 5) is 0. The number of benzene rings is 1. The van der Waals surface area contributed by atoms with Gasteiger partial charge in [0.2, 0.25) is 0 Å². The predicted molar refractivity (Wildman–Crippen MR) is 150 cm³/mol. The van der Waals surface area contributed by atoms with Crippen molar-refractivity contribution in [3.8, 4) is 5.75 Å². The average Bonchev–Trinajstić information content (AvgIpc) is 2.84. The summed E-state index contributed by atoms with van der Waals surface area (Å²) in [6.07, 6.45) is 13.4. The van der Waals surface area contributed by atoms with Gasteiger partial charge in [-0.1, -0.05) is 0 Å². The molecule has 196 valence electrons. The third-order valence-corrected chi connectivity index (χ3v) is 23.6. The van der Waals surface area contributed by atoms with Crippen LogP contribution in [0.3, 0.4) is 0 Å². The molecule has 1 unspecified atom stereocenters. The van der Waals surface area contributed by atoms with E-state index in [9.17, 15) is 5.11 Å². The van der Waals surface area contributed by atoms with Gasteiger partial charge in [-0.3, -0.25) is 0 Å². The quantitative estimate of drug-likeness (QED) is 0.124. The number of allylic oxidation sites excluding steroid dienone is 1. The Kier molecular flexibility index (Phi) is 17.3. The van der Waals surface area contributed by atoms with E-state index in [0.717, 1.165) is 25.0 Å². The van der Waals surface area contributed by atoms with Crippen molar-refractivity contribution in [2.45, 2.75) is 116 Å². The Hall–Kier alpha value is -0.521. The van der Waals surface area contributed by atoms with Crippen molar-refractivity contribution in [2.24, 2.45) is 5.92 Å². The zero-order chi connectivity index (χ0) is 25.2. The van der Waals surface area contributed by atoms with E-state index in [4.69, 9.17) is 9.47 Å². The summed E-state index contributed by atoms with van der Waals surface area (Å²) in [6, 6.07) is 8.06. The Balaban J connectivity index is 2.50. The Labute approximate surface area is 215 Å². The van der Waals surface area contributed by atoms with Gasteiger partial charge in [0.1, 0.15) is 5.75 Å². The smallest absolute Gasteiger partial charge is 0.497 e. The average molecular weight is 581 g/mol. The van der Waals surface area contributed by atoms with Crippen LogP contribution in [0.2, 0.25) is 13.3 Å². The van der Waals surface area contributed by atoms with E-state index >= 15 is 0 Å². The first-order valence-electron chi connectivity index (χ1n) is 13.9. The maximum absolute atomic E-state index is 11.5. The van der Waals surface area contributed by atoms with Gasteiger partial charge < -0.3 is 4.74 Å². The molecule has 34 heavy (non-hydrogen) atoms. The fourth-order valence-corrected chi connectivity index (χ4v) is 21.6. The number of unbranched alkanes of at least 4 members (excludes halogenated alkanes) is 3. The molecule has 0 aliphatic heterocycles. The van der Waals surface area contributed by atoms with Crippen LogP contribution in [0.1, 0.15) is 98.0 Å². The molecule has 0 spiro atoms. The summed E-state index contributed by atoms with van der Waals surface area (Å²) in [5, 5.41) is 11.5. The van der Waals surface area contributed by atoms with E-state index in [1.54, 1.807) is 7.11 Å². The molecule has 1 aromatic rings. The third-order valence-electron chi connectivity index (χ3n) is 7.33. The van der Waals surface area contributed by atoms with Crippen LogP contribution in [0.5, 0.6) is 5.75 Å². The van der Waals surface area contributed by atoms with E-state index in [2.05, 4.69) is 52.8 Å². The molecule has 4 heteroatoms. The number of rotatable bonds is 20. The van der Waals surface area contributed by atoms with Crippen LogP contribution in [-0.2, 0) is 11.3 Å². The van der Waals surface area contributed by atoms with Crippen LogP contribution in [-0.4, -0.2) is 41.3 Å². The van der Waals surface area contributed by atoms with Gasteiger partial charge >= 0.3 is 187 Å². The Morgan fingerprint density at radius 2 is 1.53 bits per heavy atom. The molecule has 3 nitrogen and oxygen atoms in total. The Morgan fingerprint density at radius 3 is 2.03 bits per heavy atom. The molecule has 1 N–H and O–H groups in total. The minimum Gasteiger partial charge on any atom is -0.497 e. The third kappa shape index (κ3) is 12.4. The summed E-state index contributed by atoms with van der Waals surface area (Å²) >= 11 is -2.53. The predicted octanol–water partition coefficient (Wildman–Crippen LogP) is 8.71. The van der Waals surface area contributed by atoms with Gasteiger partial charge in [0.15, 0.2) is 0 Å². The van der Waals surface area contributed by atoms with Crippen LogP contribution >= 0.6 is 0 Å². The van der Waals surface area contributed by atoms with Gasteiger partial charge in [0.25, 0.3) is 0 Å². The fourth-order valence-electron chi connectivity index (χ4n) is 4.94. The minimum atomic E-state index is -2.53. The first kappa shape index (κ1) is 31.5. The molecule has 0 fully saturated rings. The molecule has 2 atom stereocenters. The van der Waals surface area contributed by atoms with Crippen molar-refractivity contribution >= 4 is 18.4 Å². The number of hydrogen-bond acceptors (Lipinski definition) is 3. The molecule has 0 radical (unpaired) electrons. The zero-order valence-corrected chi connectivity index (χ0v) is 26.1. The number of methoxy groups -OCH3 is 1. The van der Waals surface area contributed by atoms with Gasteiger partial charge in [0, 0.05) is 0 Å². The summed E-state index contributed by atoms with van der Waals surface area (Å²) in [6.45, 7) is 12.7. The number of aliphatic hydroxyl groups excluding tert-OH is 1. The van der Waals surface area contributed by atoms with Gasteiger partial charge in [-0.2, -0.15) is 0 Å². The van der Waals surface area contributed by atoms with Gasteiger partial charge in [-0.05, 0) is 12.1 Å². The summed E-state index contributed by atoms with van der Waals surface area (Å²) in [7, 11) is 1.69. The van der Waals surface area contributed by atoms with E-state index in [-0.39, 0.29) is 4.12 Å². The summed E-state index contributed by atoms with van der Waals surface area (Å²) in [5.74, 6) is 1.46. The van der Waals surface area contributed by atoms with Gasteiger partial charge in [-0.15, -0.1) is 0 Å². The molecule has 0 aliphatic carbocycles. The van der Waals surface area contributed by atoms with E-state index < -0.39 is 18.4 Å². The molecule has 0 bridgehead atoms. The zero-order valence-electron chi connectivity index (χ0n) is 23.2. The molecule has 0 aliphatic rings. The van der Waals surface area contributed by atoms with Crippen LogP contribution in [0, 0.1) is 5.92 Å². The molecule has 0 aromatic heterocycles. The van der Waals surface area contributed by atoms with E-state index in [1.807, 2.05) is 12.1 Å². The van der Waals surface area contributed by atoms with Crippen molar-refractivity contribution in [2.75, 3.05) is 13.7 Å². The Morgan fingerprint density at radius 1 is 0.971 bits per heavy atom.